The number of nitrogens with zero attached hydrogens (tertiary/aromatic N) is 1. The Morgan fingerprint density at radius 2 is 2.20 bits per heavy atom. The predicted octanol–water partition coefficient (Wildman–Crippen LogP) is 1.59. The fourth-order valence-corrected chi connectivity index (χ4v) is 2.31. The van der Waals surface area contributed by atoms with Crippen LogP contribution in [0.3, 0.4) is 0 Å². The molecule has 1 aliphatic carbocycles. The van der Waals surface area contributed by atoms with Crippen LogP contribution in [-0.4, -0.2) is 30.6 Å². The summed E-state index contributed by atoms with van der Waals surface area (Å²) in [7, 11) is 3.96. The molecule has 0 spiro atoms. The van der Waals surface area contributed by atoms with Crippen LogP contribution in [0, 0.1) is 11.7 Å². The maximum atomic E-state index is 13.0. The van der Waals surface area contributed by atoms with Crippen LogP contribution in [0.1, 0.15) is 17.2 Å². The smallest absolute Gasteiger partial charge is 0.123 e. The van der Waals surface area contributed by atoms with Crippen molar-refractivity contribution in [3.05, 3.63) is 35.1 Å². The van der Waals surface area contributed by atoms with Gasteiger partial charge in [0.1, 0.15) is 5.82 Å². The molecule has 0 aliphatic heterocycles. The Kier molecular flexibility index (Phi) is 2.76. The van der Waals surface area contributed by atoms with Gasteiger partial charge in [-0.05, 0) is 43.8 Å². The molecule has 0 bridgehead atoms. The van der Waals surface area contributed by atoms with E-state index in [1.165, 1.54) is 12.1 Å². The van der Waals surface area contributed by atoms with Crippen molar-refractivity contribution in [2.24, 2.45) is 5.92 Å². The van der Waals surface area contributed by atoms with Gasteiger partial charge in [-0.25, -0.2) is 4.39 Å². The van der Waals surface area contributed by atoms with E-state index in [0.717, 1.165) is 24.1 Å². The van der Waals surface area contributed by atoms with Crippen molar-refractivity contribution < 1.29 is 9.50 Å². The van der Waals surface area contributed by atoms with Gasteiger partial charge in [0.15, 0.2) is 0 Å². The third-order valence-corrected chi connectivity index (χ3v) is 2.95. The molecular weight excluding hydrogens is 193 g/mol. The van der Waals surface area contributed by atoms with Gasteiger partial charge in [0.2, 0.25) is 0 Å². The first kappa shape index (κ1) is 10.6. The summed E-state index contributed by atoms with van der Waals surface area (Å²) in [6.45, 7) is 0.831. The molecule has 1 aliphatic rings. The molecule has 15 heavy (non-hydrogen) atoms. The SMILES string of the molecule is CN(C)C[C@@H]1Cc2ccc(F)cc2[C@H]1O. The van der Waals surface area contributed by atoms with Gasteiger partial charge < -0.3 is 10.0 Å². The molecule has 0 heterocycles. The molecule has 0 unspecified atom stereocenters. The fraction of sp³-hybridized carbons (Fsp3) is 0.500. The maximum Gasteiger partial charge on any atom is 0.123 e. The second kappa shape index (κ2) is 3.91. The molecule has 0 fully saturated rings. The van der Waals surface area contributed by atoms with Gasteiger partial charge in [-0.3, -0.25) is 0 Å². The lowest BCUT2D eigenvalue weighted by molar-refractivity contribution is 0.105. The van der Waals surface area contributed by atoms with Crippen molar-refractivity contribution in [1.82, 2.24) is 4.90 Å². The maximum absolute atomic E-state index is 13.0. The van der Waals surface area contributed by atoms with Gasteiger partial charge in [-0.2, -0.15) is 0 Å². The van der Waals surface area contributed by atoms with E-state index in [4.69, 9.17) is 0 Å². The summed E-state index contributed by atoms with van der Waals surface area (Å²) < 4.78 is 13.0. The van der Waals surface area contributed by atoms with E-state index < -0.39 is 6.10 Å². The van der Waals surface area contributed by atoms with E-state index in [0.29, 0.717) is 0 Å². The van der Waals surface area contributed by atoms with E-state index in [-0.39, 0.29) is 11.7 Å². The van der Waals surface area contributed by atoms with Crippen LogP contribution in [0.25, 0.3) is 0 Å². The number of halogens is 1. The molecule has 3 heteroatoms. The van der Waals surface area contributed by atoms with Gasteiger partial charge in [0.25, 0.3) is 0 Å². The standard InChI is InChI=1S/C12H16FNO/c1-14(2)7-9-5-8-3-4-10(13)6-11(8)12(9)15/h3-4,6,9,12,15H,5,7H2,1-2H3/t9-,12-/m0/s1. The predicted molar refractivity (Wildman–Crippen MR) is 57.1 cm³/mol. The Bertz CT molecular complexity index is 365. The average Bonchev–Trinajstić information content (AvgIpc) is 2.44. The second-order valence-corrected chi connectivity index (χ2v) is 4.51. The average molecular weight is 209 g/mol. The lowest BCUT2D eigenvalue weighted by Gasteiger charge is -2.19. The van der Waals surface area contributed by atoms with Crippen molar-refractivity contribution in [3.63, 3.8) is 0 Å². The highest BCUT2D eigenvalue weighted by atomic mass is 19.1. The number of fused-ring (bicyclic) bond motifs is 1. The molecule has 2 atom stereocenters. The Morgan fingerprint density at radius 3 is 2.87 bits per heavy atom. The zero-order valence-electron chi connectivity index (χ0n) is 9.07. The first-order valence-corrected chi connectivity index (χ1v) is 5.19. The normalized spacial score (nSPS) is 24.6. The number of rotatable bonds is 2. The van der Waals surface area contributed by atoms with Crippen LogP contribution in [0.15, 0.2) is 18.2 Å². The van der Waals surface area contributed by atoms with Gasteiger partial charge in [0.05, 0.1) is 6.10 Å². The van der Waals surface area contributed by atoms with Crippen LogP contribution in [0.5, 0.6) is 0 Å². The molecule has 82 valence electrons. The molecule has 0 amide bonds. The summed E-state index contributed by atoms with van der Waals surface area (Å²) in [5, 5.41) is 10.0. The highest BCUT2D eigenvalue weighted by molar-refractivity contribution is 5.35. The Balaban J connectivity index is 2.22. The molecular formula is C12H16FNO. The van der Waals surface area contributed by atoms with Gasteiger partial charge >= 0.3 is 0 Å². The van der Waals surface area contributed by atoms with Crippen molar-refractivity contribution in [1.29, 1.82) is 0 Å². The minimum Gasteiger partial charge on any atom is -0.388 e. The van der Waals surface area contributed by atoms with Crippen LogP contribution < -0.4 is 0 Å². The van der Waals surface area contributed by atoms with Crippen molar-refractivity contribution in [2.45, 2.75) is 12.5 Å². The number of hydrogen-bond donors (Lipinski definition) is 1. The van der Waals surface area contributed by atoms with E-state index in [9.17, 15) is 9.50 Å². The molecule has 1 aromatic carbocycles. The zero-order valence-corrected chi connectivity index (χ0v) is 9.07. The molecule has 0 radical (unpaired) electrons. The van der Waals surface area contributed by atoms with Gasteiger partial charge in [-0.1, -0.05) is 6.07 Å². The third-order valence-electron chi connectivity index (χ3n) is 2.95. The summed E-state index contributed by atoms with van der Waals surface area (Å²) in [6.07, 6.45) is 0.327. The number of hydrogen-bond acceptors (Lipinski definition) is 2. The first-order valence-electron chi connectivity index (χ1n) is 5.19. The van der Waals surface area contributed by atoms with E-state index in [2.05, 4.69) is 4.90 Å². The quantitative estimate of drug-likeness (QED) is 0.799. The number of aliphatic hydroxyl groups is 1. The Labute approximate surface area is 89.3 Å². The highest BCUT2D eigenvalue weighted by Crippen LogP contribution is 2.36. The lowest BCUT2D eigenvalue weighted by Crippen LogP contribution is -2.24. The molecule has 0 aromatic heterocycles. The molecule has 0 saturated heterocycles. The number of aliphatic hydroxyl groups excluding tert-OH is 1. The van der Waals surface area contributed by atoms with E-state index in [1.807, 2.05) is 14.1 Å². The van der Waals surface area contributed by atoms with Crippen LogP contribution in [0.2, 0.25) is 0 Å². The first-order chi connectivity index (χ1) is 7.08. The number of benzene rings is 1. The lowest BCUT2D eigenvalue weighted by atomic mass is 10.0. The van der Waals surface area contributed by atoms with E-state index >= 15 is 0 Å². The van der Waals surface area contributed by atoms with Gasteiger partial charge in [-0.15, -0.1) is 0 Å². The third kappa shape index (κ3) is 2.03. The van der Waals surface area contributed by atoms with Crippen LogP contribution in [0.4, 0.5) is 4.39 Å². The van der Waals surface area contributed by atoms with Crippen LogP contribution >= 0.6 is 0 Å². The van der Waals surface area contributed by atoms with Crippen molar-refractivity contribution >= 4 is 0 Å². The molecule has 2 nitrogen and oxygen atoms in total. The Morgan fingerprint density at radius 1 is 1.47 bits per heavy atom. The minimum atomic E-state index is -0.516. The largest absolute Gasteiger partial charge is 0.388 e. The molecule has 2 rings (SSSR count). The fourth-order valence-electron chi connectivity index (χ4n) is 2.31. The highest BCUT2D eigenvalue weighted by Gasteiger charge is 2.31. The minimum absolute atomic E-state index is 0.191. The summed E-state index contributed by atoms with van der Waals surface area (Å²) >= 11 is 0. The molecule has 1 N–H and O–H groups in total. The summed E-state index contributed by atoms with van der Waals surface area (Å²) in [6, 6.07) is 4.70. The summed E-state index contributed by atoms with van der Waals surface area (Å²) in [5.41, 5.74) is 1.85. The summed E-state index contributed by atoms with van der Waals surface area (Å²) in [5.74, 6) is -0.0740. The topological polar surface area (TPSA) is 23.5 Å². The summed E-state index contributed by atoms with van der Waals surface area (Å²) in [4.78, 5) is 2.05. The van der Waals surface area contributed by atoms with Crippen molar-refractivity contribution in [3.8, 4) is 0 Å². The molecule has 0 saturated carbocycles. The monoisotopic (exact) mass is 209 g/mol. The van der Waals surface area contributed by atoms with Crippen molar-refractivity contribution in [2.75, 3.05) is 20.6 Å². The van der Waals surface area contributed by atoms with Gasteiger partial charge in [0, 0.05) is 12.5 Å². The van der Waals surface area contributed by atoms with E-state index in [1.54, 1.807) is 6.07 Å². The van der Waals surface area contributed by atoms with Crippen LogP contribution in [-0.2, 0) is 6.42 Å². The molecule has 1 aromatic rings. The second-order valence-electron chi connectivity index (χ2n) is 4.51. The Hall–Kier alpha value is -0.930. The zero-order chi connectivity index (χ0) is 11.0.